The van der Waals surface area contributed by atoms with Crippen LogP contribution in [0.1, 0.15) is 18.7 Å². The number of anilines is 1. The van der Waals surface area contributed by atoms with Crippen LogP contribution >= 0.6 is 11.8 Å². The van der Waals surface area contributed by atoms with E-state index in [2.05, 4.69) is 25.4 Å². The van der Waals surface area contributed by atoms with E-state index in [1.165, 1.54) is 36.7 Å². The first-order valence-electron chi connectivity index (χ1n) is 8.99. The number of halogens is 1. The van der Waals surface area contributed by atoms with Crippen LogP contribution in [0.15, 0.2) is 58.2 Å². The highest BCUT2D eigenvalue weighted by Crippen LogP contribution is 2.30. The van der Waals surface area contributed by atoms with Crippen LogP contribution < -0.4 is 5.32 Å². The summed E-state index contributed by atoms with van der Waals surface area (Å²) in [7, 11) is 0. The largest absolute Gasteiger partial charge is 0.367 e. The lowest BCUT2D eigenvalue weighted by atomic mass is 10.2. The first kappa shape index (κ1) is 17.1. The molecule has 0 radical (unpaired) electrons. The molecule has 4 aromatic rings. The average molecular weight is 393 g/mol. The molecular weight excluding hydrogens is 377 g/mol. The molecule has 2 aromatic heterocycles. The molecule has 6 nitrogen and oxygen atoms in total. The Hall–Kier alpha value is -3.00. The molecule has 0 saturated heterocycles. The van der Waals surface area contributed by atoms with Crippen LogP contribution in [0.2, 0.25) is 0 Å². The van der Waals surface area contributed by atoms with Gasteiger partial charge in [0.25, 0.3) is 0 Å². The van der Waals surface area contributed by atoms with Gasteiger partial charge in [0.05, 0.1) is 11.3 Å². The van der Waals surface area contributed by atoms with Crippen LogP contribution in [-0.4, -0.2) is 26.2 Å². The zero-order chi connectivity index (χ0) is 18.9. The number of nitrogens with one attached hydrogen (secondary N) is 1. The summed E-state index contributed by atoms with van der Waals surface area (Å²) >= 11 is 1.44. The summed E-state index contributed by atoms with van der Waals surface area (Å²) in [6, 6.07) is 14.5. The highest BCUT2D eigenvalue weighted by molar-refractivity contribution is 7.98. The Morgan fingerprint density at radius 3 is 2.68 bits per heavy atom. The summed E-state index contributed by atoms with van der Waals surface area (Å²) in [5.74, 6) is 1.93. The minimum absolute atomic E-state index is 0.299. The number of aromatic nitrogens is 4. The zero-order valence-corrected chi connectivity index (χ0v) is 15.6. The lowest BCUT2D eigenvalue weighted by Crippen LogP contribution is -2.05. The maximum Gasteiger partial charge on any atom is 0.237 e. The van der Waals surface area contributed by atoms with Gasteiger partial charge < -0.3 is 9.84 Å². The third-order valence-corrected chi connectivity index (χ3v) is 5.23. The fraction of sp³-hybridized carbons (Fsp3) is 0.200. The van der Waals surface area contributed by atoms with Crippen molar-refractivity contribution >= 4 is 28.5 Å². The van der Waals surface area contributed by atoms with Gasteiger partial charge in [-0.05, 0) is 49.2 Å². The highest BCUT2D eigenvalue weighted by atomic mass is 32.2. The normalized spacial score (nSPS) is 13.8. The summed E-state index contributed by atoms with van der Waals surface area (Å²) in [4.78, 5) is 13.7. The van der Waals surface area contributed by atoms with E-state index in [0.717, 1.165) is 16.7 Å². The van der Waals surface area contributed by atoms with Crippen molar-refractivity contribution in [2.24, 2.45) is 0 Å². The van der Waals surface area contributed by atoms with E-state index in [0.29, 0.717) is 34.2 Å². The van der Waals surface area contributed by atoms with Crippen molar-refractivity contribution in [2.45, 2.75) is 29.8 Å². The Morgan fingerprint density at radius 1 is 1.04 bits per heavy atom. The van der Waals surface area contributed by atoms with E-state index in [1.807, 2.05) is 24.3 Å². The smallest absolute Gasteiger partial charge is 0.237 e. The van der Waals surface area contributed by atoms with Crippen LogP contribution in [0.5, 0.6) is 0 Å². The predicted octanol–water partition coefficient (Wildman–Crippen LogP) is 4.69. The predicted molar refractivity (Wildman–Crippen MR) is 105 cm³/mol. The molecule has 28 heavy (non-hydrogen) atoms. The van der Waals surface area contributed by atoms with Gasteiger partial charge in [-0.25, -0.2) is 14.4 Å². The number of benzene rings is 2. The molecule has 0 aliphatic heterocycles. The number of para-hydroxylation sites is 1. The number of hydrogen-bond donors (Lipinski definition) is 1. The standard InChI is InChI=1S/C20H16FN5OS/c21-13-7-5-12(6-8-13)18-24-17(27-26-18)11-28-20-23-16-4-2-1-3-15(16)19(25-20)22-14-9-10-14/h1-8,14H,9-11H2,(H,22,23,25). The maximum absolute atomic E-state index is 13.1. The van der Waals surface area contributed by atoms with Crippen LogP contribution in [0, 0.1) is 5.82 Å². The molecule has 0 bridgehead atoms. The molecule has 8 heteroatoms. The van der Waals surface area contributed by atoms with Crippen LogP contribution in [0.4, 0.5) is 10.2 Å². The summed E-state index contributed by atoms with van der Waals surface area (Å²) in [5, 5.41) is 9.13. The van der Waals surface area contributed by atoms with Crippen molar-refractivity contribution in [2.75, 3.05) is 5.32 Å². The second-order valence-electron chi connectivity index (χ2n) is 6.60. The first-order valence-corrected chi connectivity index (χ1v) is 9.98. The van der Waals surface area contributed by atoms with Crippen LogP contribution in [0.3, 0.4) is 0 Å². The Balaban J connectivity index is 1.35. The molecule has 0 spiro atoms. The van der Waals surface area contributed by atoms with Gasteiger partial charge in [0.1, 0.15) is 11.6 Å². The van der Waals surface area contributed by atoms with Gasteiger partial charge in [0.2, 0.25) is 11.7 Å². The van der Waals surface area contributed by atoms with Gasteiger partial charge >= 0.3 is 0 Å². The lowest BCUT2D eigenvalue weighted by molar-refractivity contribution is 0.391. The molecule has 2 aromatic carbocycles. The summed E-state index contributed by atoms with van der Waals surface area (Å²) in [6.45, 7) is 0. The first-order chi connectivity index (χ1) is 13.7. The van der Waals surface area contributed by atoms with E-state index >= 15 is 0 Å². The number of fused-ring (bicyclic) bond motifs is 1. The molecule has 5 rings (SSSR count). The Bertz CT molecular complexity index is 1130. The number of nitrogens with zero attached hydrogens (tertiary/aromatic N) is 4. The molecular formula is C20H16FN5OS. The molecule has 0 amide bonds. The van der Waals surface area contributed by atoms with Gasteiger partial charge in [-0.15, -0.1) is 0 Å². The van der Waals surface area contributed by atoms with Crippen molar-refractivity contribution in [3.05, 3.63) is 60.2 Å². The molecule has 1 aliphatic rings. The number of rotatable bonds is 6. The quantitative estimate of drug-likeness (QED) is 0.376. The Labute approximate surface area is 164 Å². The molecule has 0 atom stereocenters. The second-order valence-corrected chi connectivity index (χ2v) is 7.54. The van der Waals surface area contributed by atoms with Crippen molar-refractivity contribution in [1.82, 2.24) is 20.1 Å². The van der Waals surface area contributed by atoms with Gasteiger partial charge in [-0.2, -0.15) is 4.98 Å². The van der Waals surface area contributed by atoms with E-state index in [-0.39, 0.29) is 5.82 Å². The van der Waals surface area contributed by atoms with Crippen molar-refractivity contribution in [3.8, 4) is 11.4 Å². The monoisotopic (exact) mass is 393 g/mol. The maximum atomic E-state index is 13.1. The van der Waals surface area contributed by atoms with Gasteiger partial charge in [-0.3, -0.25) is 0 Å². The summed E-state index contributed by atoms with van der Waals surface area (Å²) in [6.07, 6.45) is 2.35. The van der Waals surface area contributed by atoms with Gasteiger partial charge in [0.15, 0.2) is 5.16 Å². The van der Waals surface area contributed by atoms with Crippen LogP contribution in [-0.2, 0) is 5.75 Å². The minimum atomic E-state index is -0.299. The Kier molecular flexibility index (Phi) is 4.40. The topological polar surface area (TPSA) is 76.7 Å². The fourth-order valence-corrected chi connectivity index (χ4v) is 3.50. The minimum Gasteiger partial charge on any atom is -0.367 e. The SMILES string of the molecule is Fc1ccc(-c2noc(CSc3nc(NC4CC4)c4ccccc4n3)n2)cc1. The number of hydrogen-bond acceptors (Lipinski definition) is 7. The van der Waals surface area contributed by atoms with E-state index in [9.17, 15) is 4.39 Å². The molecule has 1 aliphatic carbocycles. The highest BCUT2D eigenvalue weighted by Gasteiger charge is 2.23. The molecule has 1 saturated carbocycles. The van der Waals surface area contributed by atoms with Crippen molar-refractivity contribution < 1.29 is 8.91 Å². The molecule has 0 unspecified atom stereocenters. The summed E-state index contributed by atoms with van der Waals surface area (Å²) < 4.78 is 18.4. The zero-order valence-electron chi connectivity index (χ0n) is 14.8. The molecule has 1 N–H and O–H groups in total. The lowest BCUT2D eigenvalue weighted by Gasteiger charge is -2.09. The second kappa shape index (κ2) is 7.20. The van der Waals surface area contributed by atoms with Crippen molar-refractivity contribution in [1.29, 1.82) is 0 Å². The van der Waals surface area contributed by atoms with Crippen molar-refractivity contribution in [3.63, 3.8) is 0 Å². The molecule has 1 fully saturated rings. The molecule has 2 heterocycles. The fourth-order valence-electron chi connectivity index (χ4n) is 2.81. The van der Waals surface area contributed by atoms with E-state index in [1.54, 1.807) is 12.1 Å². The van der Waals surface area contributed by atoms with E-state index in [4.69, 9.17) is 4.52 Å². The summed E-state index contributed by atoms with van der Waals surface area (Å²) in [5.41, 5.74) is 1.61. The van der Waals surface area contributed by atoms with Crippen LogP contribution in [0.25, 0.3) is 22.3 Å². The number of thioether (sulfide) groups is 1. The third kappa shape index (κ3) is 3.68. The van der Waals surface area contributed by atoms with Gasteiger partial charge in [-0.1, -0.05) is 29.1 Å². The average Bonchev–Trinajstić information content (AvgIpc) is 3.41. The van der Waals surface area contributed by atoms with Gasteiger partial charge in [0, 0.05) is 17.0 Å². The Morgan fingerprint density at radius 2 is 1.86 bits per heavy atom. The molecule has 140 valence electrons. The van der Waals surface area contributed by atoms with E-state index < -0.39 is 0 Å². The third-order valence-electron chi connectivity index (χ3n) is 4.40.